The normalized spacial score (nSPS) is 30.0. The number of aliphatic carboxylic acids is 1. The first-order valence-corrected chi connectivity index (χ1v) is 5.98. The molecule has 0 radical (unpaired) electrons. The van der Waals surface area contributed by atoms with Gasteiger partial charge in [-0.25, -0.2) is 0 Å². The first kappa shape index (κ1) is 12.9. The predicted molar refractivity (Wildman–Crippen MR) is 68.8 cm³/mol. The molecule has 0 aromatic heterocycles. The van der Waals surface area contributed by atoms with Crippen molar-refractivity contribution in [1.82, 2.24) is 0 Å². The summed E-state index contributed by atoms with van der Waals surface area (Å²) in [5.41, 5.74) is 7.40. The minimum atomic E-state index is -0.802. The number of benzene rings is 1. The van der Waals surface area contributed by atoms with E-state index in [1.54, 1.807) is 7.11 Å². The van der Waals surface area contributed by atoms with E-state index < -0.39 is 16.9 Å². The summed E-state index contributed by atoms with van der Waals surface area (Å²) in [6, 6.07) is 5.73. The van der Waals surface area contributed by atoms with Gasteiger partial charge in [0.05, 0.1) is 13.5 Å². The number of fused-ring (bicyclic) bond motifs is 1. The SMILES string of the molecule is COc1ccc2c(c1)C(C)(CC(=O)O)CC2(C)N. The lowest BCUT2D eigenvalue weighted by molar-refractivity contribution is -0.138. The lowest BCUT2D eigenvalue weighted by atomic mass is 9.79. The summed E-state index contributed by atoms with van der Waals surface area (Å²) in [4.78, 5) is 11.1. The van der Waals surface area contributed by atoms with Crippen molar-refractivity contribution in [3.8, 4) is 5.75 Å². The average Bonchev–Trinajstić information content (AvgIpc) is 2.44. The number of nitrogens with two attached hydrogens (primary N) is 1. The van der Waals surface area contributed by atoms with Crippen molar-refractivity contribution in [3.63, 3.8) is 0 Å². The third-order valence-electron chi connectivity index (χ3n) is 3.79. The van der Waals surface area contributed by atoms with Gasteiger partial charge in [-0.15, -0.1) is 0 Å². The first-order valence-electron chi connectivity index (χ1n) is 5.98. The molecule has 18 heavy (non-hydrogen) atoms. The highest BCUT2D eigenvalue weighted by atomic mass is 16.5. The van der Waals surface area contributed by atoms with Gasteiger partial charge in [0, 0.05) is 11.0 Å². The number of methoxy groups -OCH3 is 1. The summed E-state index contributed by atoms with van der Waals surface area (Å²) >= 11 is 0. The molecule has 1 aromatic rings. The third kappa shape index (κ3) is 1.97. The molecule has 0 amide bonds. The van der Waals surface area contributed by atoms with Crippen LogP contribution in [0.1, 0.15) is 37.8 Å². The topological polar surface area (TPSA) is 72.5 Å². The van der Waals surface area contributed by atoms with Crippen LogP contribution >= 0.6 is 0 Å². The Kier molecular flexibility index (Phi) is 2.86. The fraction of sp³-hybridized carbons (Fsp3) is 0.500. The molecule has 0 bridgehead atoms. The molecule has 0 saturated carbocycles. The fourth-order valence-corrected chi connectivity index (χ4v) is 3.14. The average molecular weight is 249 g/mol. The Morgan fingerprint density at radius 1 is 1.44 bits per heavy atom. The number of carboxylic acids is 1. The molecule has 4 nitrogen and oxygen atoms in total. The molecule has 1 aliphatic rings. The molecule has 0 spiro atoms. The summed E-state index contributed by atoms with van der Waals surface area (Å²) in [5.74, 6) is -0.0629. The number of carbonyl (C=O) groups is 1. The highest BCUT2D eigenvalue weighted by molar-refractivity contribution is 5.70. The summed E-state index contributed by atoms with van der Waals surface area (Å²) in [6.45, 7) is 3.91. The van der Waals surface area contributed by atoms with Crippen LogP contribution in [0, 0.1) is 0 Å². The van der Waals surface area contributed by atoms with Gasteiger partial charge in [0.1, 0.15) is 5.75 Å². The molecule has 2 rings (SSSR count). The van der Waals surface area contributed by atoms with Gasteiger partial charge in [-0.2, -0.15) is 0 Å². The maximum Gasteiger partial charge on any atom is 0.304 e. The van der Waals surface area contributed by atoms with Crippen molar-refractivity contribution in [2.45, 2.75) is 37.6 Å². The van der Waals surface area contributed by atoms with Gasteiger partial charge in [-0.1, -0.05) is 13.0 Å². The van der Waals surface area contributed by atoms with E-state index in [9.17, 15) is 4.79 Å². The second kappa shape index (κ2) is 3.99. The molecular weight excluding hydrogens is 230 g/mol. The first-order chi connectivity index (χ1) is 8.28. The highest BCUT2D eigenvalue weighted by Crippen LogP contribution is 2.49. The van der Waals surface area contributed by atoms with Gasteiger partial charge in [-0.3, -0.25) is 4.79 Å². The van der Waals surface area contributed by atoms with Crippen molar-refractivity contribution in [3.05, 3.63) is 29.3 Å². The molecule has 0 saturated heterocycles. The van der Waals surface area contributed by atoms with Crippen LogP contribution in [0.25, 0.3) is 0 Å². The van der Waals surface area contributed by atoms with Crippen molar-refractivity contribution < 1.29 is 14.6 Å². The van der Waals surface area contributed by atoms with Crippen LogP contribution in [0.5, 0.6) is 5.75 Å². The Bertz CT molecular complexity index is 496. The molecule has 1 aliphatic carbocycles. The van der Waals surface area contributed by atoms with Crippen molar-refractivity contribution in [2.24, 2.45) is 5.73 Å². The summed E-state index contributed by atoms with van der Waals surface area (Å²) < 4.78 is 5.22. The zero-order chi connectivity index (χ0) is 13.6. The summed E-state index contributed by atoms with van der Waals surface area (Å²) in [5, 5.41) is 9.09. The number of rotatable bonds is 3. The summed E-state index contributed by atoms with van der Waals surface area (Å²) in [6.07, 6.45) is 0.717. The van der Waals surface area contributed by atoms with Crippen LogP contribution in [0.2, 0.25) is 0 Å². The van der Waals surface area contributed by atoms with E-state index >= 15 is 0 Å². The summed E-state index contributed by atoms with van der Waals surface area (Å²) in [7, 11) is 1.60. The number of carboxylic acid groups (broad SMARTS) is 1. The van der Waals surface area contributed by atoms with Crippen LogP contribution in [-0.4, -0.2) is 18.2 Å². The molecule has 0 fully saturated rings. The van der Waals surface area contributed by atoms with Gasteiger partial charge >= 0.3 is 5.97 Å². The van der Waals surface area contributed by atoms with Crippen LogP contribution in [0.4, 0.5) is 0 Å². The maximum atomic E-state index is 11.1. The van der Waals surface area contributed by atoms with E-state index in [2.05, 4.69) is 0 Å². The molecule has 0 aliphatic heterocycles. The van der Waals surface area contributed by atoms with Gasteiger partial charge in [0.15, 0.2) is 0 Å². The molecule has 2 unspecified atom stereocenters. The van der Waals surface area contributed by atoms with E-state index in [1.807, 2.05) is 32.0 Å². The zero-order valence-electron chi connectivity index (χ0n) is 11.0. The van der Waals surface area contributed by atoms with E-state index in [1.165, 1.54) is 0 Å². The third-order valence-corrected chi connectivity index (χ3v) is 3.79. The molecule has 3 N–H and O–H groups in total. The molecule has 0 heterocycles. The second-order valence-corrected chi connectivity index (χ2v) is 5.64. The Morgan fingerprint density at radius 3 is 2.67 bits per heavy atom. The van der Waals surface area contributed by atoms with E-state index in [4.69, 9.17) is 15.6 Å². The Balaban J connectivity index is 2.55. The second-order valence-electron chi connectivity index (χ2n) is 5.64. The molecule has 98 valence electrons. The van der Waals surface area contributed by atoms with Crippen LogP contribution in [0.15, 0.2) is 18.2 Å². The molecule has 4 heteroatoms. The van der Waals surface area contributed by atoms with Crippen molar-refractivity contribution in [1.29, 1.82) is 0 Å². The quantitative estimate of drug-likeness (QED) is 0.859. The van der Waals surface area contributed by atoms with Crippen molar-refractivity contribution in [2.75, 3.05) is 7.11 Å². The Morgan fingerprint density at radius 2 is 2.11 bits per heavy atom. The van der Waals surface area contributed by atoms with Gasteiger partial charge in [-0.05, 0) is 36.6 Å². The monoisotopic (exact) mass is 249 g/mol. The zero-order valence-corrected chi connectivity index (χ0v) is 11.0. The standard InChI is InChI=1S/C14H19NO3/c1-13(7-12(16)17)8-14(2,15)10-5-4-9(18-3)6-11(10)13/h4-6H,7-8,15H2,1-3H3,(H,16,17). The van der Waals surface area contributed by atoms with E-state index in [0.29, 0.717) is 6.42 Å². The van der Waals surface area contributed by atoms with Crippen LogP contribution in [0.3, 0.4) is 0 Å². The number of ether oxygens (including phenoxy) is 1. The van der Waals surface area contributed by atoms with Gasteiger partial charge < -0.3 is 15.6 Å². The lowest BCUT2D eigenvalue weighted by Crippen LogP contribution is -2.33. The number of hydrogen-bond acceptors (Lipinski definition) is 3. The Labute approximate surface area is 107 Å². The van der Waals surface area contributed by atoms with Gasteiger partial charge in [0.25, 0.3) is 0 Å². The smallest absolute Gasteiger partial charge is 0.304 e. The predicted octanol–water partition coefficient (Wildman–Crippen LogP) is 2.01. The largest absolute Gasteiger partial charge is 0.497 e. The molecule has 2 atom stereocenters. The van der Waals surface area contributed by atoms with E-state index in [-0.39, 0.29) is 6.42 Å². The molecule has 1 aromatic carbocycles. The lowest BCUT2D eigenvalue weighted by Gasteiger charge is -2.25. The minimum absolute atomic E-state index is 0.0833. The maximum absolute atomic E-state index is 11.1. The molecular formula is C14H19NO3. The number of hydrogen-bond donors (Lipinski definition) is 2. The fourth-order valence-electron chi connectivity index (χ4n) is 3.14. The highest BCUT2D eigenvalue weighted by Gasteiger charge is 2.46. The van der Waals surface area contributed by atoms with Crippen LogP contribution < -0.4 is 10.5 Å². The van der Waals surface area contributed by atoms with Crippen molar-refractivity contribution >= 4 is 5.97 Å². The van der Waals surface area contributed by atoms with E-state index in [0.717, 1.165) is 16.9 Å². The minimum Gasteiger partial charge on any atom is -0.497 e. The van der Waals surface area contributed by atoms with Crippen LogP contribution in [-0.2, 0) is 15.7 Å². The van der Waals surface area contributed by atoms with Gasteiger partial charge in [0.2, 0.25) is 0 Å². The Hall–Kier alpha value is -1.55.